The minimum absolute atomic E-state index is 0.0832. The number of aryl methyl sites for hydroxylation is 1. The third-order valence-electron chi connectivity index (χ3n) is 8.54. The van der Waals surface area contributed by atoms with E-state index in [1.165, 1.54) is 23.7 Å². The minimum Gasteiger partial charge on any atom is -0.496 e. The fourth-order valence-electron chi connectivity index (χ4n) is 5.70. The molecule has 12 heteroatoms. The molecule has 47 heavy (non-hydrogen) atoms. The number of carbonyl (C=O) groups is 2. The predicted octanol–water partition coefficient (Wildman–Crippen LogP) is 6.20. The number of anilines is 1. The maximum atomic E-state index is 16.2. The number of imidazole rings is 1. The monoisotopic (exact) mass is 645 g/mol. The summed E-state index contributed by atoms with van der Waals surface area (Å²) in [5.41, 5.74) is 1.02. The second-order valence-corrected chi connectivity index (χ2v) is 11.8. The highest BCUT2D eigenvalue weighted by atomic mass is 19.1. The summed E-state index contributed by atoms with van der Waals surface area (Å²) in [4.78, 5) is 30.3. The molecule has 3 aromatic heterocycles. The molecule has 0 spiro atoms. The number of nitrogens with zero attached hydrogens (tertiary/aromatic N) is 3. The number of benzene rings is 2. The van der Waals surface area contributed by atoms with Gasteiger partial charge in [-0.05, 0) is 57.0 Å². The van der Waals surface area contributed by atoms with Gasteiger partial charge < -0.3 is 29.1 Å². The quantitative estimate of drug-likeness (QED) is 0.124. The predicted molar refractivity (Wildman–Crippen MR) is 172 cm³/mol. The maximum absolute atomic E-state index is 16.2. The zero-order chi connectivity index (χ0) is 33.5. The van der Waals surface area contributed by atoms with Crippen LogP contribution in [0.3, 0.4) is 0 Å². The Hall–Kier alpha value is -4.94. The lowest BCUT2D eigenvalue weighted by atomic mass is 10.0. The molecular formula is C35H34F3N5O4. The van der Waals surface area contributed by atoms with E-state index in [9.17, 15) is 9.59 Å². The highest BCUT2D eigenvalue weighted by molar-refractivity contribution is 6.09. The van der Waals surface area contributed by atoms with Crippen molar-refractivity contribution in [2.75, 3.05) is 32.7 Å². The molecule has 1 fully saturated rings. The molecule has 0 unspecified atom stereocenters. The number of nitrogens with one attached hydrogen (secondary N) is 2. The Morgan fingerprint density at radius 2 is 1.81 bits per heavy atom. The Morgan fingerprint density at radius 1 is 1.06 bits per heavy atom. The second-order valence-electron chi connectivity index (χ2n) is 11.8. The van der Waals surface area contributed by atoms with E-state index in [2.05, 4.69) is 22.5 Å². The Morgan fingerprint density at radius 3 is 2.49 bits per heavy atom. The van der Waals surface area contributed by atoms with Crippen LogP contribution < -0.4 is 15.4 Å². The van der Waals surface area contributed by atoms with E-state index in [0.717, 1.165) is 25.0 Å². The summed E-state index contributed by atoms with van der Waals surface area (Å²) < 4.78 is 60.6. The maximum Gasteiger partial charge on any atom is 0.248 e. The van der Waals surface area contributed by atoms with Crippen molar-refractivity contribution in [1.29, 1.82) is 0 Å². The molecule has 2 N–H and O–H groups in total. The smallest absolute Gasteiger partial charge is 0.248 e. The topological polar surface area (TPSA) is 98.9 Å². The summed E-state index contributed by atoms with van der Waals surface area (Å²) in [6, 6.07) is 9.93. The van der Waals surface area contributed by atoms with Gasteiger partial charge in [-0.3, -0.25) is 9.59 Å². The molecule has 5 aromatic rings. The molecular weight excluding hydrogens is 611 g/mol. The molecule has 1 aliphatic rings. The summed E-state index contributed by atoms with van der Waals surface area (Å²) in [6.45, 7) is 5.19. The van der Waals surface area contributed by atoms with Gasteiger partial charge in [-0.2, -0.15) is 0 Å². The van der Waals surface area contributed by atoms with Gasteiger partial charge in [0.05, 0.1) is 36.0 Å². The lowest BCUT2D eigenvalue weighted by Crippen LogP contribution is -2.27. The standard InChI is InChI=1S/C35H34F3N5O4/c1-20-40-33-27(42(20)15-16-46-3)19-28(47-4)30(31(33)38)22-7-6-14-43-25(22)9-10-26(43)34(45)21-17-23(36)32(24(37)18-21)41-29(44)8-5-13-39-35(2)11-12-35/h5-10,14,17-19,39H,11-13,15-16H2,1-4H3,(H,41,44)/b8-5+. The lowest BCUT2D eigenvalue weighted by molar-refractivity contribution is -0.112. The van der Waals surface area contributed by atoms with E-state index >= 15 is 13.2 Å². The van der Waals surface area contributed by atoms with Crippen LogP contribution in [-0.2, 0) is 16.1 Å². The van der Waals surface area contributed by atoms with Gasteiger partial charge in [-0.25, -0.2) is 18.2 Å². The van der Waals surface area contributed by atoms with Crippen molar-refractivity contribution in [3.8, 4) is 16.9 Å². The molecule has 0 atom stereocenters. The number of amides is 1. The number of aromatic nitrogens is 3. The fourth-order valence-corrected chi connectivity index (χ4v) is 5.70. The first kappa shape index (κ1) is 32.0. The third kappa shape index (κ3) is 6.13. The van der Waals surface area contributed by atoms with E-state index in [4.69, 9.17) is 9.47 Å². The summed E-state index contributed by atoms with van der Waals surface area (Å²) in [6.07, 6.45) is 6.49. The number of rotatable bonds is 12. The molecule has 1 amide bonds. The summed E-state index contributed by atoms with van der Waals surface area (Å²) in [5, 5.41) is 5.48. The zero-order valence-electron chi connectivity index (χ0n) is 26.4. The van der Waals surface area contributed by atoms with E-state index in [1.807, 2.05) is 4.57 Å². The SMILES string of the molecule is COCCn1c(C)nc2c(F)c(-c3cccn4c(C(=O)c5cc(F)c(NC(=O)/C=C/CNC6(C)CC6)c(F)c5)ccc34)c(OC)cc21. The number of hydrogen-bond donors (Lipinski definition) is 2. The van der Waals surface area contributed by atoms with Crippen LogP contribution in [0.1, 0.15) is 41.6 Å². The number of ketones is 1. The number of fused-ring (bicyclic) bond motifs is 2. The average molecular weight is 646 g/mol. The number of carbonyl (C=O) groups excluding carboxylic acids is 2. The van der Waals surface area contributed by atoms with Gasteiger partial charge in [0.1, 0.15) is 34.4 Å². The normalized spacial score (nSPS) is 13.9. The molecule has 3 heterocycles. The van der Waals surface area contributed by atoms with Crippen LogP contribution >= 0.6 is 0 Å². The number of hydrogen-bond acceptors (Lipinski definition) is 6. The Labute approximate surface area is 269 Å². The molecule has 244 valence electrons. The van der Waals surface area contributed by atoms with Gasteiger partial charge in [0.15, 0.2) is 5.82 Å². The summed E-state index contributed by atoms with van der Waals surface area (Å²) in [7, 11) is 3.03. The molecule has 0 aliphatic heterocycles. The largest absolute Gasteiger partial charge is 0.496 e. The fraction of sp³-hybridized carbons (Fsp3) is 0.286. The van der Waals surface area contributed by atoms with E-state index in [0.29, 0.717) is 42.1 Å². The van der Waals surface area contributed by atoms with Crippen LogP contribution in [-0.4, -0.2) is 58.6 Å². The molecule has 1 aliphatic carbocycles. The summed E-state index contributed by atoms with van der Waals surface area (Å²) in [5.74, 6) is -3.28. The zero-order valence-corrected chi connectivity index (χ0v) is 26.4. The van der Waals surface area contributed by atoms with Gasteiger partial charge in [-0.1, -0.05) is 12.1 Å². The van der Waals surface area contributed by atoms with Crippen LogP contribution in [0, 0.1) is 24.4 Å². The Kier molecular flexibility index (Phi) is 8.64. The van der Waals surface area contributed by atoms with Crippen molar-refractivity contribution in [2.45, 2.75) is 38.8 Å². The lowest BCUT2D eigenvalue weighted by Gasteiger charge is -2.14. The number of pyridine rings is 1. The van der Waals surface area contributed by atoms with E-state index in [-0.39, 0.29) is 33.6 Å². The number of methoxy groups -OCH3 is 2. The van der Waals surface area contributed by atoms with Crippen molar-refractivity contribution in [2.24, 2.45) is 0 Å². The minimum atomic E-state index is -1.10. The van der Waals surface area contributed by atoms with Crippen molar-refractivity contribution in [3.63, 3.8) is 0 Å². The highest BCUT2D eigenvalue weighted by Crippen LogP contribution is 2.40. The van der Waals surface area contributed by atoms with Gasteiger partial charge in [-0.15, -0.1) is 0 Å². The van der Waals surface area contributed by atoms with Gasteiger partial charge in [0, 0.05) is 55.2 Å². The molecule has 0 bridgehead atoms. The van der Waals surface area contributed by atoms with Crippen molar-refractivity contribution in [1.82, 2.24) is 19.3 Å². The van der Waals surface area contributed by atoms with Crippen LogP contribution in [0.5, 0.6) is 5.75 Å². The van der Waals surface area contributed by atoms with Crippen molar-refractivity contribution < 1.29 is 32.2 Å². The Bertz CT molecular complexity index is 2040. The van der Waals surface area contributed by atoms with Gasteiger partial charge in [0.25, 0.3) is 0 Å². The first-order chi connectivity index (χ1) is 22.5. The van der Waals surface area contributed by atoms with Crippen LogP contribution in [0.2, 0.25) is 0 Å². The number of halogens is 3. The molecule has 9 nitrogen and oxygen atoms in total. The Balaban J connectivity index is 1.30. The molecule has 0 radical (unpaired) electrons. The van der Waals surface area contributed by atoms with Crippen LogP contribution in [0.15, 0.2) is 60.8 Å². The summed E-state index contributed by atoms with van der Waals surface area (Å²) >= 11 is 0. The number of ether oxygens (including phenoxy) is 2. The van der Waals surface area contributed by atoms with E-state index < -0.39 is 34.8 Å². The molecule has 6 rings (SSSR count). The average Bonchev–Trinajstić information content (AvgIpc) is 3.48. The van der Waals surface area contributed by atoms with Gasteiger partial charge >= 0.3 is 0 Å². The first-order valence-electron chi connectivity index (χ1n) is 15.1. The van der Waals surface area contributed by atoms with Crippen LogP contribution in [0.25, 0.3) is 27.7 Å². The van der Waals surface area contributed by atoms with E-state index in [1.54, 1.807) is 50.6 Å². The molecule has 0 saturated heterocycles. The second kappa shape index (κ2) is 12.7. The van der Waals surface area contributed by atoms with Crippen LogP contribution in [0.4, 0.5) is 18.9 Å². The molecule has 2 aromatic carbocycles. The van der Waals surface area contributed by atoms with Gasteiger partial charge in [0.2, 0.25) is 11.7 Å². The first-order valence-corrected chi connectivity index (χ1v) is 15.1. The highest BCUT2D eigenvalue weighted by Gasteiger charge is 2.35. The van der Waals surface area contributed by atoms with Crippen molar-refractivity contribution in [3.05, 3.63) is 95.3 Å². The third-order valence-corrected chi connectivity index (χ3v) is 8.54. The van der Waals surface area contributed by atoms with Crippen molar-refractivity contribution >= 4 is 33.9 Å². The molecule has 1 saturated carbocycles.